The molecule has 1 unspecified atom stereocenters. The molecule has 0 aliphatic heterocycles. The molecule has 1 rings (SSSR count). The van der Waals surface area contributed by atoms with E-state index in [9.17, 15) is 4.79 Å². The number of hydrogen-bond donors (Lipinski definition) is 1. The molecule has 0 heterocycles. The Labute approximate surface area is 122 Å². The van der Waals surface area contributed by atoms with E-state index in [1.807, 2.05) is 6.92 Å². The summed E-state index contributed by atoms with van der Waals surface area (Å²) in [6.45, 7) is 7.50. The molecule has 0 amide bonds. The second-order valence-corrected chi connectivity index (χ2v) is 5.29. The van der Waals surface area contributed by atoms with Crippen molar-refractivity contribution in [3.05, 3.63) is 35.4 Å². The van der Waals surface area contributed by atoms with Crippen LogP contribution in [-0.4, -0.2) is 25.2 Å². The quantitative estimate of drug-likeness (QED) is 0.556. The molecule has 1 N–H and O–H groups in total. The van der Waals surface area contributed by atoms with Crippen LogP contribution in [0.2, 0.25) is 0 Å². The van der Waals surface area contributed by atoms with Crippen LogP contribution in [0.3, 0.4) is 0 Å². The second-order valence-electron chi connectivity index (χ2n) is 5.29. The minimum Gasteiger partial charge on any atom is -0.466 e. The first-order chi connectivity index (χ1) is 9.61. The number of rotatable bonds is 9. The molecule has 0 aromatic heterocycles. The van der Waals surface area contributed by atoms with Gasteiger partial charge in [-0.1, -0.05) is 29.8 Å². The molecule has 0 spiro atoms. The molecule has 3 nitrogen and oxygen atoms in total. The molecule has 112 valence electrons. The number of esters is 1. The second kappa shape index (κ2) is 9.54. The van der Waals surface area contributed by atoms with E-state index in [2.05, 4.69) is 43.4 Å². The van der Waals surface area contributed by atoms with Crippen LogP contribution in [0.4, 0.5) is 0 Å². The van der Waals surface area contributed by atoms with Gasteiger partial charge in [0, 0.05) is 12.5 Å². The van der Waals surface area contributed by atoms with Crippen molar-refractivity contribution in [2.45, 2.75) is 52.5 Å². The van der Waals surface area contributed by atoms with Crippen LogP contribution >= 0.6 is 0 Å². The third kappa shape index (κ3) is 7.29. The summed E-state index contributed by atoms with van der Waals surface area (Å²) in [5.74, 6) is -0.0956. The Morgan fingerprint density at radius 1 is 1.40 bits per heavy atom. The lowest BCUT2D eigenvalue weighted by molar-refractivity contribution is -0.143. The number of benzene rings is 1. The molecule has 0 aliphatic rings. The minimum atomic E-state index is -0.0956. The van der Waals surface area contributed by atoms with Crippen LogP contribution in [0.5, 0.6) is 0 Å². The number of aryl methyl sites for hydroxylation is 2. The fraction of sp³-hybridized carbons (Fsp3) is 0.588. The fourth-order valence-corrected chi connectivity index (χ4v) is 2.17. The lowest BCUT2D eigenvalue weighted by Gasteiger charge is -2.13. The van der Waals surface area contributed by atoms with Crippen LogP contribution < -0.4 is 5.32 Å². The van der Waals surface area contributed by atoms with Crippen molar-refractivity contribution in [2.75, 3.05) is 13.2 Å². The van der Waals surface area contributed by atoms with E-state index >= 15 is 0 Å². The Hall–Kier alpha value is -1.35. The highest BCUT2D eigenvalue weighted by Crippen LogP contribution is 2.08. The van der Waals surface area contributed by atoms with Crippen LogP contribution in [0.15, 0.2) is 24.3 Å². The molecule has 1 atom stereocenters. The average molecular weight is 277 g/mol. The molecule has 0 fully saturated rings. The van der Waals surface area contributed by atoms with Crippen molar-refractivity contribution in [1.29, 1.82) is 0 Å². The Morgan fingerprint density at radius 2 is 2.20 bits per heavy atom. The van der Waals surface area contributed by atoms with Crippen molar-refractivity contribution < 1.29 is 9.53 Å². The maximum atomic E-state index is 11.2. The van der Waals surface area contributed by atoms with Gasteiger partial charge >= 0.3 is 5.97 Å². The zero-order valence-corrected chi connectivity index (χ0v) is 12.9. The molecule has 0 radical (unpaired) electrons. The van der Waals surface area contributed by atoms with Gasteiger partial charge in [-0.25, -0.2) is 0 Å². The molecule has 0 bridgehead atoms. The van der Waals surface area contributed by atoms with E-state index in [0.717, 1.165) is 25.8 Å². The summed E-state index contributed by atoms with van der Waals surface area (Å²) >= 11 is 0. The molecule has 1 aromatic carbocycles. The topological polar surface area (TPSA) is 38.3 Å². The van der Waals surface area contributed by atoms with E-state index < -0.39 is 0 Å². The zero-order valence-electron chi connectivity index (χ0n) is 12.9. The van der Waals surface area contributed by atoms with Crippen molar-refractivity contribution in [3.8, 4) is 0 Å². The highest BCUT2D eigenvalue weighted by Gasteiger charge is 2.04. The van der Waals surface area contributed by atoms with Gasteiger partial charge in [-0.05, 0) is 52.1 Å². The Morgan fingerprint density at radius 3 is 2.90 bits per heavy atom. The Balaban J connectivity index is 2.11. The van der Waals surface area contributed by atoms with Crippen LogP contribution in [0, 0.1) is 6.92 Å². The SMILES string of the molecule is CCOC(=O)CCCNC(C)CCc1cccc(C)c1. The Kier molecular flexibility index (Phi) is 7.97. The smallest absolute Gasteiger partial charge is 0.305 e. The molecule has 20 heavy (non-hydrogen) atoms. The van der Waals surface area contributed by atoms with Gasteiger partial charge < -0.3 is 10.1 Å². The van der Waals surface area contributed by atoms with E-state index in [4.69, 9.17) is 4.74 Å². The van der Waals surface area contributed by atoms with Crippen LogP contribution in [0.25, 0.3) is 0 Å². The molecular formula is C17H27NO2. The monoisotopic (exact) mass is 277 g/mol. The number of ether oxygens (including phenoxy) is 1. The maximum Gasteiger partial charge on any atom is 0.305 e. The normalized spacial score (nSPS) is 12.2. The van der Waals surface area contributed by atoms with Gasteiger partial charge in [0.25, 0.3) is 0 Å². The van der Waals surface area contributed by atoms with E-state index in [1.165, 1.54) is 11.1 Å². The van der Waals surface area contributed by atoms with Crippen molar-refractivity contribution in [2.24, 2.45) is 0 Å². The summed E-state index contributed by atoms with van der Waals surface area (Å²) in [7, 11) is 0. The van der Waals surface area contributed by atoms with Crippen molar-refractivity contribution >= 4 is 5.97 Å². The highest BCUT2D eigenvalue weighted by molar-refractivity contribution is 5.69. The summed E-state index contributed by atoms with van der Waals surface area (Å²) in [6.07, 6.45) is 3.55. The van der Waals surface area contributed by atoms with Crippen molar-refractivity contribution in [1.82, 2.24) is 5.32 Å². The molecule has 0 aliphatic carbocycles. The largest absolute Gasteiger partial charge is 0.466 e. The van der Waals surface area contributed by atoms with Gasteiger partial charge in [0.2, 0.25) is 0 Å². The standard InChI is InChI=1S/C17H27NO2/c1-4-20-17(19)9-6-12-18-15(3)10-11-16-8-5-7-14(2)13-16/h5,7-8,13,15,18H,4,6,9-12H2,1-3H3. The van der Waals surface area contributed by atoms with Gasteiger partial charge in [-0.15, -0.1) is 0 Å². The van der Waals surface area contributed by atoms with Crippen LogP contribution in [0.1, 0.15) is 44.2 Å². The highest BCUT2D eigenvalue weighted by atomic mass is 16.5. The van der Waals surface area contributed by atoms with Crippen LogP contribution in [-0.2, 0) is 16.0 Å². The number of hydrogen-bond acceptors (Lipinski definition) is 3. The number of carbonyl (C=O) groups excluding carboxylic acids is 1. The fourth-order valence-electron chi connectivity index (χ4n) is 2.17. The lowest BCUT2D eigenvalue weighted by atomic mass is 10.0. The van der Waals surface area contributed by atoms with E-state index in [1.54, 1.807) is 0 Å². The summed E-state index contributed by atoms with van der Waals surface area (Å²) in [5, 5.41) is 3.46. The predicted molar refractivity (Wildman–Crippen MR) is 82.8 cm³/mol. The van der Waals surface area contributed by atoms with Gasteiger partial charge in [0.1, 0.15) is 0 Å². The number of nitrogens with one attached hydrogen (secondary N) is 1. The van der Waals surface area contributed by atoms with E-state index in [0.29, 0.717) is 19.1 Å². The van der Waals surface area contributed by atoms with Gasteiger partial charge in [-0.2, -0.15) is 0 Å². The minimum absolute atomic E-state index is 0.0956. The third-order valence-corrected chi connectivity index (χ3v) is 3.30. The molecule has 1 aromatic rings. The van der Waals surface area contributed by atoms with Crippen molar-refractivity contribution in [3.63, 3.8) is 0 Å². The summed E-state index contributed by atoms with van der Waals surface area (Å²) in [4.78, 5) is 11.2. The Bertz CT molecular complexity index is 404. The molecular weight excluding hydrogens is 250 g/mol. The summed E-state index contributed by atoms with van der Waals surface area (Å²) in [6, 6.07) is 9.13. The summed E-state index contributed by atoms with van der Waals surface area (Å²) < 4.78 is 4.90. The van der Waals surface area contributed by atoms with Gasteiger partial charge in [0.05, 0.1) is 6.61 Å². The van der Waals surface area contributed by atoms with E-state index in [-0.39, 0.29) is 5.97 Å². The maximum absolute atomic E-state index is 11.2. The first-order valence-corrected chi connectivity index (χ1v) is 7.56. The van der Waals surface area contributed by atoms with Gasteiger partial charge in [0.15, 0.2) is 0 Å². The molecule has 0 saturated heterocycles. The average Bonchev–Trinajstić information content (AvgIpc) is 2.42. The van der Waals surface area contributed by atoms with Gasteiger partial charge in [-0.3, -0.25) is 4.79 Å². The first kappa shape index (κ1) is 16.7. The first-order valence-electron chi connectivity index (χ1n) is 7.56. The lowest BCUT2D eigenvalue weighted by Crippen LogP contribution is -2.28. The summed E-state index contributed by atoms with van der Waals surface area (Å²) in [5.41, 5.74) is 2.71. The predicted octanol–water partition coefficient (Wildman–Crippen LogP) is 3.25. The molecule has 3 heteroatoms. The molecule has 0 saturated carbocycles. The third-order valence-electron chi connectivity index (χ3n) is 3.30. The number of carbonyl (C=O) groups is 1. The zero-order chi connectivity index (χ0) is 14.8.